The number of nitrogens with two attached hydrogens (primary N) is 1. The van der Waals surface area contributed by atoms with Crippen LogP contribution in [0.5, 0.6) is 5.75 Å². The third-order valence-corrected chi connectivity index (χ3v) is 3.24. The molecule has 0 saturated heterocycles. The fourth-order valence-electron chi connectivity index (χ4n) is 1.60. The van der Waals surface area contributed by atoms with Crippen molar-refractivity contribution in [3.05, 3.63) is 23.8 Å². The standard InChI is InChI=1S/C13H21N3O4S/c1-9(2)20-12-5-4-11(8-10(12)3)16-13(17)15-6-7-21(14,18)19/h4-5,8-9H,6-7H2,1-3H3,(H2,14,18,19)(H2,15,16,17). The summed E-state index contributed by atoms with van der Waals surface area (Å²) < 4.78 is 27.1. The van der Waals surface area contributed by atoms with Crippen molar-refractivity contribution in [2.75, 3.05) is 17.6 Å². The number of carbonyl (C=O) groups is 1. The van der Waals surface area contributed by atoms with Crippen LogP contribution < -0.4 is 20.5 Å². The number of carbonyl (C=O) groups excluding carboxylic acids is 1. The zero-order chi connectivity index (χ0) is 16.0. The summed E-state index contributed by atoms with van der Waals surface area (Å²) >= 11 is 0. The van der Waals surface area contributed by atoms with Crippen molar-refractivity contribution in [1.29, 1.82) is 0 Å². The molecular weight excluding hydrogens is 294 g/mol. The summed E-state index contributed by atoms with van der Waals surface area (Å²) in [5, 5.41) is 9.86. The monoisotopic (exact) mass is 315 g/mol. The van der Waals surface area contributed by atoms with Crippen molar-refractivity contribution in [2.45, 2.75) is 26.9 Å². The van der Waals surface area contributed by atoms with Crippen LogP contribution >= 0.6 is 0 Å². The minimum absolute atomic E-state index is 0.0435. The first-order valence-electron chi connectivity index (χ1n) is 6.50. The number of ether oxygens (including phenoxy) is 1. The average molecular weight is 315 g/mol. The van der Waals surface area contributed by atoms with Gasteiger partial charge in [0.25, 0.3) is 0 Å². The van der Waals surface area contributed by atoms with E-state index in [1.54, 1.807) is 18.2 Å². The van der Waals surface area contributed by atoms with Gasteiger partial charge < -0.3 is 15.4 Å². The van der Waals surface area contributed by atoms with Crippen LogP contribution in [0.25, 0.3) is 0 Å². The van der Waals surface area contributed by atoms with E-state index in [-0.39, 0.29) is 18.4 Å². The molecule has 0 bridgehead atoms. The van der Waals surface area contributed by atoms with Crippen molar-refractivity contribution in [1.82, 2.24) is 5.32 Å². The van der Waals surface area contributed by atoms with Crippen LogP contribution in [0.2, 0.25) is 0 Å². The minimum Gasteiger partial charge on any atom is -0.491 e. The van der Waals surface area contributed by atoms with Crippen LogP contribution in [0.1, 0.15) is 19.4 Å². The van der Waals surface area contributed by atoms with E-state index in [4.69, 9.17) is 9.88 Å². The van der Waals surface area contributed by atoms with Crippen LogP contribution in [-0.4, -0.2) is 32.9 Å². The van der Waals surface area contributed by atoms with E-state index in [9.17, 15) is 13.2 Å². The molecule has 0 atom stereocenters. The van der Waals surface area contributed by atoms with Gasteiger partial charge in [0, 0.05) is 12.2 Å². The van der Waals surface area contributed by atoms with Crippen molar-refractivity contribution in [3.63, 3.8) is 0 Å². The second kappa shape index (κ2) is 7.28. The van der Waals surface area contributed by atoms with Crippen molar-refractivity contribution in [2.24, 2.45) is 5.14 Å². The van der Waals surface area contributed by atoms with Crippen LogP contribution in [-0.2, 0) is 10.0 Å². The number of amides is 2. The molecular formula is C13H21N3O4S. The number of rotatable bonds is 6. The Morgan fingerprint density at radius 1 is 1.38 bits per heavy atom. The number of benzene rings is 1. The van der Waals surface area contributed by atoms with E-state index >= 15 is 0 Å². The first-order chi connectivity index (χ1) is 9.67. The Morgan fingerprint density at radius 2 is 2.05 bits per heavy atom. The molecule has 0 spiro atoms. The zero-order valence-electron chi connectivity index (χ0n) is 12.3. The smallest absolute Gasteiger partial charge is 0.319 e. The van der Waals surface area contributed by atoms with E-state index in [1.165, 1.54) is 0 Å². The number of hydrogen-bond donors (Lipinski definition) is 3. The Hall–Kier alpha value is -1.80. The Kier molecular flexibility index (Phi) is 5.98. The van der Waals surface area contributed by atoms with Crippen LogP contribution in [0.3, 0.4) is 0 Å². The molecule has 0 aromatic heterocycles. The van der Waals surface area contributed by atoms with Crippen LogP contribution in [0.15, 0.2) is 18.2 Å². The van der Waals surface area contributed by atoms with Gasteiger partial charge in [0.15, 0.2) is 0 Å². The summed E-state index contributed by atoms with van der Waals surface area (Å²) in [6.45, 7) is 5.70. The van der Waals surface area contributed by atoms with E-state index in [0.717, 1.165) is 11.3 Å². The average Bonchev–Trinajstić information content (AvgIpc) is 2.30. The summed E-state index contributed by atoms with van der Waals surface area (Å²) in [6, 6.07) is 4.77. The summed E-state index contributed by atoms with van der Waals surface area (Å²) in [5.41, 5.74) is 1.49. The molecule has 0 fully saturated rings. The number of aryl methyl sites for hydroxylation is 1. The summed E-state index contributed by atoms with van der Waals surface area (Å²) in [4.78, 5) is 11.6. The Morgan fingerprint density at radius 3 is 2.57 bits per heavy atom. The van der Waals surface area contributed by atoms with Gasteiger partial charge in [-0.05, 0) is 44.5 Å². The maximum absolute atomic E-state index is 11.6. The van der Waals surface area contributed by atoms with Crippen LogP contribution in [0.4, 0.5) is 10.5 Å². The highest BCUT2D eigenvalue weighted by molar-refractivity contribution is 7.89. The normalized spacial score (nSPS) is 11.3. The lowest BCUT2D eigenvalue weighted by Crippen LogP contribution is -2.34. The van der Waals surface area contributed by atoms with Gasteiger partial charge in [-0.25, -0.2) is 18.4 Å². The maximum Gasteiger partial charge on any atom is 0.319 e. The first-order valence-corrected chi connectivity index (χ1v) is 8.21. The SMILES string of the molecule is Cc1cc(NC(=O)NCCS(N)(=O)=O)ccc1OC(C)C. The van der Waals surface area contributed by atoms with E-state index in [2.05, 4.69) is 10.6 Å². The Labute approximate surface area is 124 Å². The fourth-order valence-corrected chi connectivity index (χ4v) is 1.98. The van der Waals surface area contributed by atoms with E-state index in [0.29, 0.717) is 5.69 Å². The van der Waals surface area contributed by atoms with Gasteiger partial charge in [0.2, 0.25) is 10.0 Å². The van der Waals surface area contributed by atoms with Gasteiger partial charge in [-0.3, -0.25) is 0 Å². The summed E-state index contributed by atoms with van der Waals surface area (Å²) in [6.07, 6.45) is 0.0732. The van der Waals surface area contributed by atoms with Gasteiger partial charge in [0.1, 0.15) is 5.75 Å². The van der Waals surface area contributed by atoms with Crippen molar-refractivity contribution >= 4 is 21.7 Å². The van der Waals surface area contributed by atoms with Gasteiger partial charge in [-0.1, -0.05) is 0 Å². The summed E-state index contributed by atoms with van der Waals surface area (Å²) in [5.74, 6) is 0.450. The lowest BCUT2D eigenvalue weighted by atomic mass is 10.2. The number of sulfonamides is 1. The predicted octanol–water partition coefficient (Wildman–Crippen LogP) is 1.19. The molecule has 1 rings (SSSR count). The molecule has 0 aliphatic heterocycles. The molecule has 7 nitrogen and oxygen atoms in total. The van der Waals surface area contributed by atoms with E-state index < -0.39 is 16.1 Å². The van der Waals surface area contributed by atoms with Crippen molar-refractivity contribution in [3.8, 4) is 5.75 Å². The maximum atomic E-state index is 11.6. The second-order valence-corrected chi connectivity index (χ2v) is 6.63. The molecule has 0 aliphatic carbocycles. The highest BCUT2D eigenvalue weighted by atomic mass is 32.2. The highest BCUT2D eigenvalue weighted by Crippen LogP contribution is 2.22. The van der Waals surface area contributed by atoms with Gasteiger partial charge in [-0.15, -0.1) is 0 Å². The zero-order valence-corrected chi connectivity index (χ0v) is 13.2. The highest BCUT2D eigenvalue weighted by Gasteiger charge is 2.07. The minimum atomic E-state index is -3.58. The van der Waals surface area contributed by atoms with Gasteiger partial charge in [-0.2, -0.15) is 0 Å². The predicted molar refractivity (Wildman–Crippen MR) is 81.9 cm³/mol. The van der Waals surface area contributed by atoms with Crippen LogP contribution in [0, 0.1) is 6.92 Å². The van der Waals surface area contributed by atoms with Gasteiger partial charge >= 0.3 is 6.03 Å². The number of primary sulfonamides is 1. The lowest BCUT2D eigenvalue weighted by molar-refractivity contribution is 0.240. The molecule has 0 heterocycles. The van der Waals surface area contributed by atoms with E-state index in [1.807, 2.05) is 20.8 Å². The molecule has 0 unspecified atom stereocenters. The molecule has 1 aromatic carbocycles. The number of urea groups is 1. The second-order valence-electron chi connectivity index (χ2n) is 4.89. The molecule has 0 radical (unpaired) electrons. The Balaban J connectivity index is 2.55. The number of nitrogens with one attached hydrogen (secondary N) is 2. The number of anilines is 1. The molecule has 4 N–H and O–H groups in total. The molecule has 0 saturated carbocycles. The Bertz CT molecular complexity index is 599. The van der Waals surface area contributed by atoms with Gasteiger partial charge in [0.05, 0.1) is 11.9 Å². The lowest BCUT2D eigenvalue weighted by Gasteiger charge is -2.14. The third-order valence-electron chi connectivity index (χ3n) is 2.47. The van der Waals surface area contributed by atoms with Crippen molar-refractivity contribution < 1.29 is 17.9 Å². The topological polar surface area (TPSA) is 111 Å². The molecule has 2 amide bonds. The molecule has 0 aliphatic rings. The molecule has 118 valence electrons. The quantitative estimate of drug-likeness (QED) is 0.732. The number of hydrogen-bond acceptors (Lipinski definition) is 4. The molecule has 1 aromatic rings. The summed E-state index contributed by atoms with van der Waals surface area (Å²) in [7, 11) is -3.58. The first kappa shape index (κ1) is 17.3. The largest absolute Gasteiger partial charge is 0.491 e. The third kappa shape index (κ3) is 6.96. The molecule has 8 heteroatoms. The molecule has 21 heavy (non-hydrogen) atoms. The fraction of sp³-hybridized carbons (Fsp3) is 0.462.